The van der Waals surface area contributed by atoms with E-state index in [0.717, 1.165) is 25.9 Å². The smallest absolute Gasteiger partial charge is 0.256 e. The van der Waals surface area contributed by atoms with Crippen molar-refractivity contribution in [1.82, 2.24) is 4.90 Å². The number of aryl methyl sites for hydroxylation is 1. The first-order valence-electron chi connectivity index (χ1n) is 8.94. The Morgan fingerprint density at radius 1 is 1.20 bits per heavy atom. The number of carbonyl (C=O) groups is 1. The Balaban J connectivity index is 1.73. The van der Waals surface area contributed by atoms with Gasteiger partial charge in [-0.2, -0.15) is 0 Å². The number of ether oxygens (including phenoxy) is 1. The molecule has 25 heavy (non-hydrogen) atoms. The number of nitrogens with two attached hydrogens (primary N) is 1. The van der Waals surface area contributed by atoms with Gasteiger partial charge in [-0.05, 0) is 43.9 Å². The van der Waals surface area contributed by atoms with E-state index in [4.69, 9.17) is 10.5 Å². The van der Waals surface area contributed by atoms with Crippen LogP contribution in [-0.2, 0) is 11.2 Å². The van der Waals surface area contributed by atoms with Gasteiger partial charge in [0.15, 0.2) is 0 Å². The van der Waals surface area contributed by atoms with Crippen LogP contribution >= 0.6 is 0 Å². The van der Waals surface area contributed by atoms with Gasteiger partial charge >= 0.3 is 0 Å². The molecule has 1 saturated heterocycles. The highest BCUT2D eigenvalue weighted by Gasteiger charge is 2.24. The van der Waals surface area contributed by atoms with Gasteiger partial charge in [0.05, 0.1) is 11.7 Å². The minimum atomic E-state index is -0.0132. The molecular formula is C21H26N2O2. The van der Waals surface area contributed by atoms with Gasteiger partial charge in [0.2, 0.25) is 0 Å². The summed E-state index contributed by atoms with van der Waals surface area (Å²) in [6, 6.07) is 15.7. The summed E-state index contributed by atoms with van der Waals surface area (Å²) >= 11 is 0. The standard InChI is InChI=1S/C21H26N2O2/c1-16-8-10-17(11-9-16)12-13-23(15-18-5-4-14-25-18)21(24)19-6-2-3-7-20(19)22/h2-3,6-11,18H,4-5,12-15,22H2,1H3. The molecule has 1 amide bonds. The molecule has 1 fully saturated rings. The van der Waals surface area contributed by atoms with Gasteiger partial charge in [0.25, 0.3) is 5.91 Å². The first kappa shape index (κ1) is 17.5. The minimum Gasteiger partial charge on any atom is -0.398 e. The third-order valence-corrected chi connectivity index (χ3v) is 4.72. The number of para-hydroxylation sites is 1. The van der Waals surface area contributed by atoms with Crippen LogP contribution in [0.15, 0.2) is 48.5 Å². The van der Waals surface area contributed by atoms with Crippen LogP contribution in [-0.4, -0.2) is 36.6 Å². The molecule has 1 aliphatic heterocycles. The lowest BCUT2D eigenvalue weighted by atomic mass is 10.1. The second-order valence-electron chi connectivity index (χ2n) is 6.71. The minimum absolute atomic E-state index is 0.0132. The first-order chi connectivity index (χ1) is 12.1. The molecule has 132 valence electrons. The van der Waals surface area contributed by atoms with Crippen molar-refractivity contribution in [2.24, 2.45) is 0 Å². The molecule has 1 heterocycles. The van der Waals surface area contributed by atoms with Crippen LogP contribution in [0.5, 0.6) is 0 Å². The first-order valence-corrected chi connectivity index (χ1v) is 8.94. The molecule has 1 aliphatic rings. The van der Waals surface area contributed by atoms with Crippen LogP contribution in [0.3, 0.4) is 0 Å². The molecule has 2 N–H and O–H groups in total. The van der Waals surface area contributed by atoms with E-state index in [1.54, 1.807) is 12.1 Å². The van der Waals surface area contributed by atoms with Crippen molar-refractivity contribution in [3.8, 4) is 0 Å². The molecule has 1 unspecified atom stereocenters. The van der Waals surface area contributed by atoms with Gasteiger partial charge in [-0.3, -0.25) is 4.79 Å². The van der Waals surface area contributed by atoms with Crippen molar-refractivity contribution in [3.05, 3.63) is 65.2 Å². The van der Waals surface area contributed by atoms with Crippen molar-refractivity contribution in [1.29, 1.82) is 0 Å². The van der Waals surface area contributed by atoms with E-state index in [1.807, 2.05) is 17.0 Å². The van der Waals surface area contributed by atoms with Crippen LogP contribution in [0, 0.1) is 6.92 Å². The fourth-order valence-electron chi connectivity index (χ4n) is 3.19. The van der Waals surface area contributed by atoms with Crippen LogP contribution in [0.1, 0.15) is 34.3 Å². The fraction of sp³-hybridized carbons (Fsp3) is 0.381. The van der Waals surface area contributed by atoms with Gasteiger partial charge < -0.3 is 15.4 Å². The van der Waals surface area contributed by atoms with Crippen molar-refractivity contribution >= 4 is 11.6 Å². The fourth-order valence-corrected chi connectivity index (χ4v) is 3.19. The molecule has 0 aliphatic carbocycles. The van der Waals surface area contributed by atoms with Crippen molar-refractivity contribution in [3.63, 3.8) is 0 Å². The second kappa shape index (κ2) is 8.17. The normalized spacial score (nSPS) is 16.8. The highest BCUT2D eigenvalue weighted by atomic mass is 16.5. The molecule has 2 aromatic rings. The topological polar surface area (TPSA) is 55.6 Å². The molecule has 2 aromatic carbocycles. The molecule has 4 nitrogen and oxygen atoms in total. The summed E-state index contributed by atoms with van der Waals surface area (Å²) in [5.41, 5.74) is 9.59. The summed E-state index contributed by atoms with van der Waals surface area (Å²) in [5.74, 6) is -0.0132. The Labute approximate surface area is 149 Å². The van der Waals surface area contributed by atoms with Crippen LogP contribution in [0.2, 0.25) is 0 Å². The van der Waals surface area contributed by atoms with E-state index in [1.165, 1.54) is 11.1 Å². The van der Waals surface area contributed by atoms with E-state index in [2.05, 4.69) is 31.2 Å². The van der Waals surface area contributed by atoms with Crippen LogP contribution < -0.4 is 5.73 Å². The highest BCUT2D eigenvalue weighted by Crippen LogP contribution is 2.18. The van der Waals surface area contributed by atoms with E-state index in [-0.39, 0.29) is 12.0 Å². The maximum atomic E-state index is 13.0. The van der Waals surface area contributed by atoms with Gasteiger partial charge in [-0.25, -0.2) is 0 Å². The summed E-state index contributed by atoms with van der Waals surface area (Å²) in [6.45, 7) is 4.16. The van der Waals surface area contributed by atoms with Crippen molar-refractivity contribution < 1.29 is 9.53 Å². The van der Waals surface area contributed by atoms with Crippen molar-refractivity contribution in [2.75, 3.05) is 25.4 Å². The van der Waals surface area contributed by atoms with Gasteiger partial charge in [-0.15, -0.1) is 0 Å². The van der Waals surface area contributed by atoms with Crippen molar-refractivity contribution in [2.45, 2.75) is 32.3 Å². The maximum absolute atomic E-state index is 13.0. The predicted molar refractivity (Wildman–Crippen MR) is 101 cm³/mol. The monoisotopic (exact) mass is 338 g/mol. The SMILES string of the molecule is Cc1ccc(CCN(CC2CCCO2)C(=O)c2ccccc2N)cc1. The second-order valence-corrected chi connectivity index (χ2v) is 6.71. The number of anilines is 1. The molecule has 0 radical (unpaired) electrons. The lowest BCUT2D eigenvalue weighted by Gasteiger charge is -2.26. The molecule has 0 bridgehead atoms. The Morgan fingerprint density at radius 2 is 1.96 bits per heavy atom. The zero-order valence-electron chi connectivity index (χ0n) is 14.8. The number of nitrogen functional groups attached to an aromatic ring is 1. The molecule has 0 spiro atoms. The Bertz CT molecular complexity index is 706. The van der Waals surface area contributed by atoms with E-state index >= 15 is 0 Å². The number of rotatable bonds is 6. The summed E-state index contributed by atoms with van der Waals surface area (Å²) in [6.07, 6.45) is 3.04. The molecule has 4 heteroatoms. The van der Waals surface area contributed by atoms with Gasteiger partial charge in [0.1, 0.15) is 0 Å². The number of nitrogens with zero attached hydrogens (tertiary/aromatic N) is 1. The highest BCUT2D eigenvalue weighted by molar-refractivity contribution is 5.99. The molecule has 0 aromatic heterocycles. The lowest BCUT2D eigenvalue weighted by molar-refractivity contribution is 0.0529. The Hall–Kier alpha value is -2.33. The van der Waals surface area contributed by atoms with Crippen LogP contribution in [0.4, 0.5) is 5.69 Å². The number of carbonyl (C=O) groups excluding carboxylic acids is 1. The average Bonchev–Trinajstić information content (AvgIpc) is 3.13. The third kappa shape index (κ3) is 4.60. The quantitative estimate of drug-likeness (QED) is 0.821. The summed E-state index contributed by atoms with van der Waals surface area (Å²) in [7, 11) is 0. The predicted octanol–water partition coefficient (Wildman–Crippen LogP) is 3.44. The molecular weight excluding hydrogens is 312 g/mol. The van der Waals surface area contributed by atoms with Crippen LogP contribution in [0.25, 0.3) is 0 Å². The van der Waals surface area contributed by atoms with E-state index in [9.17, 15) is 4.79 Å². The molecule has 0 saturated carbocycles. The zero-order chi connectivity index (χ0) is 17.6. The summed E-state index contributed by atoms with van der Waals surface area (Å²) in [5, 5.41) is 0. The Kier molecular flexibility index (Phi) is 5.71. The largest absolute Gasteiger partial charge is 0.398 e. The molecule has 1 atom stereocenters. The van der Waals surface area contributed by atoms with Gasteiger partial charge in [-0.1, -0.05) is 42.0 Å². The molecule has 3 rings (SSSR count). The maximum Gasteiger partial charge on any atom is 0.256 e. The van der Waals surface area contributed by atoms with Gasteiger partial charge in [0, 0.05) is 25.4 Å². The number of amides is 1. The average molecular weight is 338 g/mol. The van der Waals surface area contributed by atoms with E-state index in [0.29, 0.717) is 24.3 Å². The number of benzene rings is 2. The van der Waals surface area contributed by atoms with E-state index < -0.39 is 0 Å². The number of hydrogen-bond acceptors (Lipinski definition) is 3. The summed E-state index contributed by atoms with van der Waals surface area (Å²) < 4.78 is 5.74. The number of hydrogen-bond donors (Lipinski definition) is 1. The Morgan fingerprint density at radius 3 is 2.64 bits per heavy atom. The third-order valence-electron chi connectivity index (χ3n) is 4.72. The zero-order valence-corrected chi connectivity index (χ0v) is 14.8. The summed E-state index contributed by atoms with van der Waals surface area (Å²) in [4.78, 5) is 14.9. The lowest BCUT2D eigenvalue weighted by Crippen LogP contribution is -2.39.